The molecule has 104 valence electrons. The van der Waals surface area contributed by atoms with Gasteiger partial charge in [-0.25, -0.2) is 0 Å². The van der Waals surface area contributed by atoms with Crippen LogP contribution in [0, 0.1) is 17.2 Å². The lowest BCUT2D eigenvalue weighted by Gasteiger charge is -2.19. The topological polar surface area (TPSA) is 70.4 Å². The lowest BCUT2D eigenvalue weighted by Crippen LogP contribution is -2.33. The van der Waals surface area contributed by atoms with E-state index < -0.39 is 5.92 Å². The Bertz CT molecular complexity index is 536. The minimum absolute atomic E-state index is 0.245. The van der Waals surface area contributed by atoms with Crippen molar-refractivity contribution in [2.24, 2.45) is 5.92 Å². The van der Waals surface area contributed by atoms with Crippen molar-refractivity contribution < 1.29 is 14.3 Å². The van der Waals surface area contributed by atoms with Gasteiger partial charge in [0.25, 0.3) is 0 Å². The van der Waals surface area contributed by atoms with Crippen LogP contribution < -0.4 is 0 Å². The number of nitrogens with zero attached hydrogens (tertiary/aromatic N) is 2. The molecule has 1 aliphatic rings. The zero-order valence-corrected chi connectivity index (χ0v) is 11.3. The van der Waals surface area contributed by atoms with Gasteiger partial charge in [0.15, 0.2) is 0 Å². The smallest absolute Gasteiger partial charge is 0.310 e. The van der Waals surface area contributed by atoms with E-state index in [0.717, 1.165) is 0 Å². The number of benzene rings is 1. The van der Waals surface area contributed by atoms with Gasteiger partial charge < -0.3 is 9.64 Å². The maximum Gasteiger partial charge on any atom is 0.310 e. The molecule has 1 heterocycles. The molecule has 0 saturated carbocycles. The number of carbonyl (C=O) groups is 2. The molecule has 5 heteroatoms. The van der Waals surface area contributed by atoms with Crippen LogP contribution in [0.25, 0.3) is 0 Å². The Balaban J connectivity index is 2.08. The van der Waals surface area contributed by atoms with E-state index in [4.69, 9.17) is 4.74 Å². The molecule has 1 saturated heterocycles. The predicted octanol–water partition coefficient (Wildman–Crippen LogP) is 1.32. The van der Waals surface area contributed by atoms with Gasteiger partial charge in [0.05, 0.1) is 19.1 Å². The summed E-state index contributed by atoms with van der Waals surface area (Å²) in [5.41, 5.74) is 0.682. The zero-order valence-electron chi connectivity index (χ0n) is 11.3. The molecule has 5 nitrogen and oxygen atoms in total. The molecular formula is C15H16N2O3. The lowest BCUT2D eigenvalue weighted by molar-refractivity contribution is -0.145. The van der Waals surface area contributed by atoms with Crippen LogP contribution in [-0.4, -0.2) is 37.0 Å². The number of amides is 1. The first-order valence-electron chi connectivity index (χ1n) is 6.48. The Morgan fingerprint density at radius 2 is 2.10 bits per heavy atom. The third-order valence-corrected chi connectivity index (χ3v) is 3.54. The van der Waals surface area contributed by atoms with E-state index in [9.17, 15) is 14.9 Å². The van der Waals surface area contributed by atoms with Crippen LogP contribution in [0.5, 0.6) is 0 Å². The molecule has 1 aromatic carbocycles. The predicted molar refractivity (Wildman–Crippen MR) is 71.5 cm³/mol. The summed E-state index contributed by atoms with van der Waals surface area (Å²) in [5.74, 6) is -1.63. The van der Waals surface area contributed by atoms with Crippen molar-refractivity contribution in [1.29, 1.82) is 5.26 Å². The highest BCUT2D eigenvalue weighted by molar-refractivity contribution is 5.87. The summed E-state index contributed by atoms with van der Waals surface area (Å²) in [6.07, 6.45) is 0.589. The third kappa shape index (κ3) is 2.80. The number of ether oxygens (including phenoxy) is 1. The summed E-state index contributed by atoms with van der Waals surface area (Å²) in [6, 6.07) is 11.0. The Hall–Kier alpha value is -2.35. The van der Waals surface area contributed by atoms with Crippen molar-refractivity contribution in [3.63, 3.8) is 0 Å². The second-order valence-electron chi connectivity index (χ2n) is 4.77. The van der Waals surface area contributed by atoms with Crippen molar-refractivity contribution in [2.45, 2.75) is 12.3 Å². The summed E-state index contributed by atoms with van der Waals surface area (Å²) < 4.78 is 4.69. The summed E-state index contributed by atoms with van der Waals surface area (Å²) in [6.45, 7) is 0.820. The fraction of sp³-hybridized carbons (Fsp3) is 0.400. The maximum absolute atomic E-state index is 12.4. The second-order valence-corrected chi connectivity index (χ2v) is 4.77. The molecule has 0 bridgehead atoms. The number of hydrogen-bond donors (Lipinski definition) is 0. The molecule has 1 fully saturated rings. The maximum atomic E-state index is 12.4. The molecule has 20 heavy (non-hydrogen) atoms. The first-order chi connectivity index (χ1) is 9.67. The Kier molecular flexibility index (Phi) is 4.36. The SMILES string of the molecule is COC(=O)C1CCN(C(=O)C(C#N)c2ccccc2)C1. The van der Waals surface area contributed by atoms with E-state index in [1.54, 1.807) is 29.2 Å². The number of methoxy groups -OCH3 is 1. The molecule has 2 rings (SSSR count). The molecule has 0 aliphatic carbocycles. The van der Waals surface area contributed by atoms with Crippen LogP contribution >= 0.6 is 0 Å². The molecule has 1 amide bonds. The second kappa shape index (κ2) is 6.20. The van der Waals surface area contributed by atoms with Gasteiger partial charge in [0.1, 0.15) is 5.92 Å². The highest BCUT2D eigenvalue weighted by Gasteiger charge is 2.35. The number of likely N-dealkylation sites (tertiary alicyclic amines) is 1. The van der Waals surface area contributed by atoms with E-state index in [1.807, 2.05) is 12.1 Å². The highest BCUT2D eigenvalue weighted by atomic mass is 16.5. The van der Waals surface area contributed by atoms with E-state index in [1.165, 1.54) is 7.11 Å². The molecule has 0 aromatic heterocycles. The summed E-state index contributed by atoms with van der Waals surface area (Å²) in [7, 11) is 1.34. The van der Waals surface area contributed by atoms with Crippen LogP contribution in [0.1, 0.15) is 17.9 Å². The standard InChI is InChI=1S/C15H16N2O3/c1-20-15(19)12-7-8-17(10-12)14(18)13(9-16)11-5-3-2-4-6-11/h2-6,12-13H,7-8,10H2,1H3. The van der Waals surface area contributed by atoms with Crippen molar-refractivity contribution in [1.82, 2.24) is 4.90 Å². The fourth-order valence-corrected chi connectivity index (χ4v) is 2.42. The molecule has 2 unspecified atom stereocenters. The average molecular weight is 272 g/mol. The summed E-state index contributed by atoms with van der Waals surface area (Å²) in [5, 5.41) is 9.24. The van der Waals surface area contributed by atoms with Crippen molar-refractivity contribution >= 4 is 11.9 Å². The number of rotatable bonds is 3. The van der Waals surface area contributed by atoms with Gasteiger partial charge in [-0.05, 0) is 12.0 Å². The van der Waals surface area contributed by atoms with Crippen LogP contribution in [0.3, 0.4) is 0 Å². The van der Waals surface area contributed by atoms with E-state index in [0.29, 0.717) is 25.1 Å². The first-order valence-corrected chi connectivity index (χ1v) is 6.48. The Morgan fingerprint density at radius 1 is 1.40 bits per heavy atom. The molecule has 2 atom stereocenters. The minimum Gasteiger partial charge on any atom is -0.469 e. The molecule has 0 N–H and O–H groups in total. The molecule has 0 spiro atoms. The average Bonchev–Trinajstić information content (AvgIpc) is 2.98. The van der Waals surface area contributed by atoms with Crippen molar-refractivity contribution in [2.75, 3.05) is 20.2 Å². The van der Waals surface area contributed by atoms with Crippen molar-refractivity contribution in [3.8, 4) is 6.07 Å². The number of nitriles is 1. The quantitative estimate of drug-likeness (QED) is 0.778. The van der Waals surface area contributed by atoms with Gasteiger partial charge in [-0.15, -0.1) is 0 Å². The zero-order chi connectivity index (χ0) is 14.5. The van der Waals surface area contributed by atoms with Crippen LogP contribution in [-0.2, 0) is 14.3 Å². The van der Waals surface area contributed by atoms with Crippen molar-refractivity contribution in [3.05, 3.63) is 35.9 Å². The van der Waals surface area contributed by atoms with E-state index in [-0.39, 0.29) is 17.8 Å². The van der Waals surface area contributed by atoms with Gasteiger partial charge in [0.2, 0.25) is 5.91 Å². The lowest BCUT2D eigenvalue weighted by atomic mass is 9.99. The minimum atomic E-state index is -0.812. The largest absolute Gasteiger partial charge is 0.469 e. The normalized spacial score (nSPS) is 19.2. The Labute approximate surface area is 117 Å². The highest BCUT2D eigenvalue weighted by Crippen LogP contribution is 2.23. The number of esters is 1. The van der Waals surface area contributed by atoms with E-state index in [2.05, 4.69) is 0 Å². The summed E-state index contributed by atoms with van der Waals surface area (Å²) in [4.78, 5) is 25.4. The molecule has 1 aromatic rings. The molecule has 1 aliphatic heterocycles. The van der Waals surface area contributed by atoms with Gasteiger partial charge in [0, 0.05) is 13.1 Å². The van der Waals surface area contributed by atoms with Crippen LogP contribution in [0.2, 0.25) is 0 Å². The first kappa shape index (κ1) is 14.1. The summed E-state index contributed by atoms with van der Waals surface area (Å²) >= 11 is 0. The monoisotopic (exact) mass is 272 g/mol. The van der Waals surface area contributed by atoms with Crippen LogP contribution in [0.15, 0.2) is 30.3 Å². The van der Waals surface area contributed by atoms with Gasteiger partial charge in [-0.1, -0.05) is 30.3 Å². The molecule has 0 radical (unpaired) electrons. The van der Waals surface area contributed by atoms with Gasteiger partial charge in [-0.2, -0.15) is 5.26 Å². The Morgan fingerprint density at radius 3 is 2.70 bits per heavy atom. The molecular weight excluding hydrogens is 256 g/mol. The number of hydrogen-bond acceptors (Lipinski definition) is 4. The number of carbonyl (C=O) groups excluding carboxylic acids is 2. The van der Waals surface area contributed by atoms with Gasteiger partial charge in [-0.3, -0.25) is 9.59 Å². The fourth-order valence-electron chi connectivity index (χ4n) is 2.42. The van der Waals surface area contributed by atoms with Crippen LogP contribution in [0.4, 0.5) is 0 Å². The van der Waals surface area contributed by atoms with Gasteiger partial charge >= 0.3 is 5.97 Å². The van der Waals surface area contributed by atoms with E-state index >= 15 is 0 Å². The third-order valence-electron chi connectivity index (χ3n) is 3.54.